The predicted octanol–water partition coefficient (Wildman–Crippen LogP) is -0.731. The second-order valence-electron chi connectivity index (χ2n) is 7.42. The molecule has 0 aromatic heterocycles. The lowest BCUT2D eigenvalue weighted by Crippen LogP contribution is -2.47. The Hall–Kier alpha value is -1.45. The molecule has 0 aromatic carbocycles. The molecular weight excluding hydrogens is 356 g/mol. The molecule has 2 amide bonds. The van der Waals surface area contributed by atoms with Gasteiger partial charge in [-0.25, -0.2) is 0 Å². The Kier molecular flexibility index (Phi) is 11.4. The fourth-order valence-electron chi connectivity index (χ4n) is 2.03. The zero-order valence-electron chi connectivity index (χ0n) is 16.2. The van der Waals surface area contributed by atoms with E-state index in [1.807, 2.05) is 21.1 Å². The van der Waals surface area contributed by atoms with Crippen molar-refractivity contribution in [3.8, 4) is 0 Å². The van der Waals surface area contributed by atoms with Crippen LogP contribution in [-0.4, -0.2) is 79.9 Å². The molecule has 0 bridgehead atoms. The highest BCUT2D eigenvalue weighted by atomic mass is 32.1. The first-order valence-electron chi connectivity index (χ1n) is 8.72. The number of hydrogen-bond acceptors (Lipinski definition) is 6. The predicted molar refractivity (Wildman–Crippen MR) is 104 cm³/mol. The number of nitrogens with two attached hydrogens (primary N) is 1. The van der Waals surface area contributed by atoms with Crippen molar-refractivity contribution < 1.29 is 23.7 Å². The molecule has 0 fully saturated rings. The summed E-state index contributed by atoms with van der Waals surface area (Å²) in [4.78, 5) is 46.8. The van der Waals surface area contributed by atoms with Gasteiger partial charge in [-0.3, -0.25) is 14.4 Å². The molecule has 26 heavy (non-hydrogen) atoms. The third-order valence-corrected chi connectivity index (χ3v) is 4.10. The molecule has 2 atom stereocenters. The van der Waals surface area contributed by atoms with Crippen LogP contribution in [0.3, 0.4) is 0 Å². The minimum absolute atomic E-state index is 0.0359. The highest BCUT2D eigenvalue weighted by molar-refractivity contribution is 7.80. The van der Waals surface area contributed by atoms with Crippen LogP contribution in [0.15, 0.2) is 0 Å². The number of amides is 2. The van der Waals surface area contributed by atoms with Crippen molar-refractivity contribution in [2.75, 3.05) is 40.0 Å². The first-order valence-corrected chi connectivity index (χ1v) is 9.35. The van der Waals surface area contributed by atoms with Gasteiger partial charge in [-0.2, -0.15) is 12.6 Å². The van der Waals surface area contributed by atoms with Gasteiger partial charge >= 0.3 is 0 Å². The third kappa shape index (κ3) is 12.0. The zero-order valence-corrected chi connectivity index (χ0v) is 17.1. The number of quaternary nitrogens is 1. The molecule has 0 aliphatic carbocycles. The van der Waals surface area contributed by atoms with Crippen LogP contribution >= 0.6 is 12.6 Å². The lowest BCUT2D eigenvalue weighted by atomic mass is 10.1. The van der Waals surface area contributed by atoms with Crippen LogP contribution in [0.2, 0.25) is 0 Å². The van der Waals surface area contributed by atoms with Crippen molar-refractivity contribution in [3.05, 3.63) is 0 Å². The van der Waals surface area contributed by atoms with Gasteiger partial charge in [-0.05, 0) is 13.3 Å². The molecule has 9 heteroatoms. The van der Waals surface area contributed by atoms with Crippen LogP contribution in [-0.2, 0) is 19.2 Å². The standard InChI is InChI=1S/C17H32N4O4S/c1-12(22)5-7-15(23)14(11-26)20-16(24)8-6-13(18)17(25)19-9-10-21(2,3)4/h13-14H,5-11,18H2,1-4H3,(H2-,19,20,24,25,26)/p+1/t13-,14-/m0/s1. The van der Waals surface area contributed by atoms with Gasteiger partial charge in [0.25, 0.3) is 0 Å². The Balaban J connectivity index is 4.23. The molecular formula is C17H33N4O4S+. The van der Waals surface area contributed by atoms with Gasteiger partial charge in [0, 0.05) is 25.0 Å². The van der Waals surface area contributed by atoms with E-state index in [-0.39, 0.29) is 54.8 Å². The summed E-state index contributed by atoms with van der Waals surface area (Å²) in [5, 5.41) is 5.33. The minimum atomic E-state index is -0.781. The molecule has 0 saturated heterocycles. The van der Waals surface area contributed by atoms with Crippen molar-refractivity contribution in [1.82, 2.24) is 10.6 Å². The van der Waals surface area contributed by atoms with Crippen LogP contribution in [0, 0.1) is 0 Å². The first-order chi connectivity index (χ1) is 12.0. The molecule has 0 aromatic rings. The number of hydrogen-bond donors (Lipinski definition) is 4. The molecule has 0 saturated carbocycles. The Bertz CT molecular complexity index is 505. The molecule has 0 aliphatic heterocycles. The molecule has 0 heterocycles. The lowest BCUT2D eigenvalue weighted by Gasteiger charge is -2.24. The van der Waals surface area contributed by atoms with Crippen LogP contribution in [0.1, 0.15) is 32.6 Å². The summed E-state index contributed by atoms with van der Waals surface area (Å²) in [7, 11) is 6.06. The maximum Gasteiger partial charge on any atom is 0.237 e. The van der Waals surface area contributed by atoms with E-state index >= 15 is 0 Å². The van der Waals surface area contributed by atoms with Crippen molar-refractivity contribution in [2.45, 2.75) is 44.7 Å². The number of nitrogens with zero attached hydrogens (tertiary/aromatic N) is 1. The monoisotopic (exact) mass is 389 g/mol. The smallest absolute Gasteiger partial charge is 0.237 e. The second-order valence-corrected chi connectivity index (χ2v) is 7.79. The quantitative estimate of drug-likeness (QED) is 0.245. The molecule has 150 valence electrons. The number of rotatable bonds is 13. The van der Waals surface area contributed by atoms with E-state index in [1.54, 1.807) is 0 Å². The summed E-state index contributed by atoms with van der Waals surface area (Å²) in [6.07, 6.45) is 0.448. The molecule has 0 spiro atoms. The van der Waals surface area contributed by atoms with E-state index in [9.17, 15) is 19.2 Å². The number of Topliss-reactive ketones (excluding diaryl/α,β-unsaturated/α-hetero) is 2. The lowest BCUT2D eigenvalue weighted by molar-refractivity contribution is -0.869. The fourth-order valence-corrected chi connectivity index (χ4v) is 2.33. The van der Waals surface area contributed by atoms with E-state index in [0.29, 0.717) is 6.54 Å². The fraction of sp³-hybridized carbons (Fsp3) is 0.765. The number of ketones is 2. The Morgan fingerprint density at radius 2 is 1.69 bits per heavy atom. The van der Waals surface area contributed by atoms with E-state index in [1.165, 1.54) is 6.92 Å². The van der Waals surface area contributed by atoms with Gasteiger partial charge in [0.05, 0.1) is 46.3 Å². The molecule has 0 unspecified atom stereocenters. The number of thiol groups is 1. The molecule has 4 N–H and O–H groups in total. The second kappa shape index (κ2) is 12.0. The van der Waals surface area contributed by atoms with Crippen molar-refractivity contribution >= 4 is 36.0 Å². The Labute approximate surface area is 161 Å². The van der Waals surface area contributed by atoms with E-state index in [4.69, 9.17) is 5.73 Å². The highest BCUT2D eigenvalue weighted by Gasteiger charge is 2.21. The molecule has 0 rings (SSSR count). The van der Waals surface area contributed by atoms with Crippen LogP contribution in [0.25, 0.3) is 0 Å². The number of nitrogens with one attached hydrogen (secondary N) is 2. The maximum absolute atomic E-state index is 12.0. The average Bonchev–Trinajstić information content (AvgIpc) is 2.53. The summed E-state index contributed by atoms with van der Waals surface area (Å²) >= 11 is 4.07. The van der Waals surface area contributed by atoms with Crippen LogP contribution < -0.4 is 16.4 Å². The largest absolute Gasteiger partial charge is 0.349 e. The topological polar surface area (TPSA) is 118 Å². The minimum Gasteiger partial charge on any atom is -0.349 e. The van der Waals surface area contributed by atoms with Gasteiger partial charge < -0.3 is 25.6 Å². The normalized spacial score (nSPS) is 13.6. The molecule has 0 radical (unpaired) electrons. The number of carbonyl (C=O) groups excluding carboxylic acids is 4. The van der Waals surface area contributed by atoms with Crippen molar-refractivity contribution in [1.29, 1.82) is 0 Å². The maximum atomic E-state index is 12.0. The third-order valence-electron chi connectivity index (χ3n) is 3.73. The summed E-state index contributed by atoms with van der Waals surface area (Å²) in [5.41, 5.74) is 5.80. The van der Waals surface area contributed by atoms with Crippen LogP contribution in [0.4, 0.5) is 0 Å². The van der Waals surface area contributed by atoms with Crippen molar-refractivity contribution in [2.24, 2.45) is 5.73 Å². The Morgan fingerprint density at radius 3 is 2.19 bits per heavy atom. The van der Waals surface area contributed by atoms with Crippen LogP contribution in [0.5, 0.6) is 0 Å². The number of carbonyl (C=O) groups is 4. The highest BCUT2D eigenvalue weighted by Crippen LogP contribution is 2.02. The number of likely N-dealkylation sites (N-methyl/N-ethyl adjacent to an activating group) is 1. The van der Waals surface area contributed by atoms with Gasteiger partial charge in [0.1, 0.15) is 5.78 Å². The average molecular weight is 390 g/mol. The summed E-state index contributed by atoms with van der Waals surface area (Å²) in [6.45, 7) is 2.69. The molecule has 0 aliphatic rings. The van der Waals surface area contributed by atoms with E-state index in [2.05, 4.69) is 23.3 Å². The SMILES string of the molecule is CC(=O)CCC(=O)[C@H](CS)NC(=O)CC[C@H](N)C(=O)NCC[N+](C)(C)C. The first kappa shape index (κ1) is 24.6. The summed E-state index contributed by atoms with van der Waals surface area (Å²) in [6, 6.07) is -1.52. The van der Waals surface area contributed by atoms with Gasteiger partial charge in [-0.1, -0.05) is 0 Å². The Morgan fingerprint density at radius 1 is 1.08 bits per heavy atom. The van der Waals surface area contributed by atoms with Gasteiger partial charge in [-0.15, -0.1) is 0 Å². The van der Waals surface area contributed by atoms with E-state index < -0.39 is 12.1 Å². The summed E-state index contributed by atoms with van der Waals surface area (Å²) in [5.74, 6) is -0.819. The zero-order chi connectivity index (χ0) is 20.3. The van der Waals surface area contributed by atoms with E-state index in [0.717, 1.165) is 11.0 Å². The molecule has 8 nitrogen and oxygen atoms in total. The van der Waals surface area contributed by atoms with Gasteiger partial charge in [0.2, 0.25) is 11.8 Å². The van der Waals surface area contributed by atoms with Gasteiger partial charge in [0.15, 0.2) is 5.78 Å². The van der Waals surface area contributed by atoms with Crippen molar-refractivity contribution in [3.63, 3.8) is 0 Å². The summed E-state index contributed by atoms with van der Waals surface area (Å²) < 4.78 is 0.723.